The Hall–Kier alpha value is -2.11. The number of phenols is 1. The summed E-state index contributed by atoms with van der Waals surface area (Å²) in [6, 6.07) is 10.6. The molecule has 2 aromatic carbocycles. The molecule has 26 heavy (non-hydrogen) atoms. The molecule has 0 saturated carbocycles. The Morgan fingerprint density at radius 2 is 1.69 bits per heavy atom. The van der Waals surface area contributed by atoms with Gasteiger partial charge in [-0.3, -0.25) is 4.79 Å². The molecule has 0 spiro atoms. The van der Waals surface area contributed by atoms with E-state index in [1.807, 2.05) is 32.9 Å². The summed E-state index contributed by atoms with van der Waals surface area (Å²) in [6.07, 6.45) is 0. The summed E-state index contributed by atoms with van der Waals surface area (Å²) in [6.45, 7) is 6.27. The molecule has 0 atom stereocenters. The molecule has 7 heteroatoms. The van der Waals surface area contributed by atoms with Crippen LogP contribution in [-0.4, -0.2) is 23.2 Å². The number of amides is 1. The molecular weight excluding hydrogens is 375 g/mol. The first-order valence-electron chi connectivity index (χ1n) is 8.09. The van der Waals surface area contributed by atoms with Gasteiger partial charge in [-0.25, -0.2) is 0 Å². The van der Waals surface area contributed by atoms with E-state index in [1.54, 1.807) is 24.3 Å². The van der Waals surface area contributed by atoms with Crippen LogP contribution in [0.1, 0.15) is 26.3 Å². The minimum atomic E-state index is -0.282. The van der Waals surface area contributed by atoms with E-state index in [9.17, 15) is 9.90 Å². The molecule has 0 saturated heterocycles. The van der Waals surface area contributed by atoms with Gasteiger partial charge in [0.1, 0.15) is 5.75 Å². The van der Waals surface area contributed by atoms with Crippen LogP contribution in [0, 0.1) is 0 Å². The van der Waals surface area contributed by atoms with E-state index in [1.165, 1.54) is 0 Å². The monoisotopic (exact) mass is 396 g/mol. The van der Waals surface area contributed by atoms with E-state index in [4.69, 9.17) is 27.9 Å². The van der Waals surface area contributed by atoms with Crippen molar-refractivity contribution in [3.63, 3.8) is 0 Å². The van der Waals surface area contributed by atoms with E-state index in [0.29, 0.717) is 18.0 Å². The lowest BCUT2D eigenvalue weighted by Crippen LogP contribution is -2.43. The number of hydrogen-bond donors (Lipinski definition) is 3. The van der Waals surface area contributed by atoms with Gasteiger partial charge in [-0.1, -0.05) is 35.3 Å². The number of nitrogens with one attached hydrogen (secondary N) is 2. The van der Waals surface area contributed by atoms with Gasteiger partial charge in [0.15, 0.2) is 12.4 Å². The maximum atomic E-state index is 11.8. The van der Waals surface area contributed by atoms with Crippen LogP contribution < -0.4 is 15.4 Å². The first-order chi connectivity index (χ1) is 12.1. The van der Waals surface area contributed by atoms with Gasteiger partial charge in [0.25, 0.3) is 5.91 Å². The molecule has 3 N–H and O–H groups in total. The molecule has 2 rings (SSSR count). The van der Waals surface area contributed by atoms with Crippen molar-refractivity contribution < 1.29 is 14.6 Å². The highest BCUT2D eigenvalue weighted by Gasteiger charge is 2.13. The van der Waals surface area contributed by atoms with Gasteiger partial charge in [-0.15, -0.1) is 0 Å². The lowest BCUT2D eigenvalue weighted by atomic mass is 10.1. The predicted molar refractivity (Wildman–Crippen MR) is 105 cm³/mol. The van der Waals surface area contributed by atoms with E-state index in [2.05, 4.69) is 10.6 Å². The molecule has 140 valence electrons. The lowest BCUT2D eigenvalue weighted by molar-refractivity contribution is -0.124. The molecule has 0 heterocycles. The van der Waals surface area contributed by atoms with Crippen LogP contribution in [0.5, 0.6) is 11.5 Å². The number of carbonyl (C=O) groups excluding carboxylic acids is 1. The molecule has 0 aliphatic rings. The molecule has 0 aliphatic carbocycles. The average Bonchev–Trinajstić information content (AvgIpc) is 2.55. The Morgan fingerprint density at radius 1 is 1.12 bits per heavy atom. The maximum absolute atomic E-state index is 11.8. The lowest BCUT2D eigenvalue weighted by Gasteiger charge is -2.20. The van der Waals surface area contributed by atoms with Crippen molar-refractivity contribution in [3.8, 4) is 11.5 Å². The fraction of sp³-hybridized carbons (Fsp3) is 0.316. The largest absolute Gasteiger partial charge is 0.505 e. The molecule has 0 aromatic heterocycles. The van der Waals surface area contributed by atoms with Gasteiger partial charge in [0, 0.05) is 17.8 Å². The first kappa shape index (κ1) is 20.2. The average molecular weight is 397 g/mol. The number of phenolic OH excluding ortho intramolecular Hbond substituents is 1. The van der Waals surface area contributed by atoms with Crippen molar-refractivity contribution in [2.45, 2.75) is 32.9 Å². The van der Waals surface area contributed by atoms with E-state index >= 15 is 0 Å². The zero-order valence-electron chi connectivity index (χ0n) is 14.9. The summed E-state index contributed by atoms with van der Waals surface area (Å²) in [4.78, 5) is 11.8. The smallest absolute Gasteiger partial charge is 0.258 e. The van der Waals surface area contributed by atoms with Crippen LogP contribution in [0.3, 0.4) is 0 Å². The summed E-state index contributed by atoms with van der Waals surface area (Å²) in [5, 5.41) is 16.0. The second-order valence-corrected chi connectivity index (χ2v) is 7.69. The highest BCUT2D eigenvalue weighted by Crippen LogP contribution is 2.34. The van der Waals surface area contributed by atoms with Crippen molar-refractivity contribution >= 4 is 34.8 Å². The minimum absolute atomic E-state index is 0.0284. The van der Waals surface area contributed by atoms with Gasteiger partial charge in [0.2, 0.25) is 0 Å². The number of rotatable bonds is 6. The Morgan fingerprint density at radius 3 is 2.23 bits per heavy atom. The molecular formula is C19H22Cl2N2O3. The SMILES string of the molecule is CC(C)(C)NC(=O)COc1ccc(CNc2cc(Cl)c(O)c(Cl)c2)cc1. The molecule has 2 aromatic rings. The normalized spacial score (nSPS) is 11.1. The highest BCUT2D eigenvalue weighted by molar-refractivity contribution is 6.37. The van der Waals surface area contributed by atoms with Crippen LogP contribution in [0.4, 0.5) is 5.69 Å². The standard InChI is InChI=1S/C19H22Cl2N2O3/c1-19(2,3)23-17(24)11-26-14-6-4-12(5-7-14)10-22-13-8-15(20)18(25)16(21)9-13/h4-9,22,25H,10-11H2,1-3H3,(H,23,24). The third kappa shape index (κ3) is 6.32. The third-order valence-corrected chi connectivity index (χ3v) is 3.90. The number of benzene rings is 2. The van der Waals surface area contributed by atoms with Crippen molar-refractivity contribution in [1.82, 2.24) is 5.32 Å². The van der Waals surface area contributed by atoms with Gasteiger partial charge < -0.3 is 20.5 Å². The van der Waals surface area contributed by atoms with Crippen LogP contribution in [0.15, 0.2) is 36.4 Å². The Kier molecular flexibility index (Phi) is 6.62. The van der Waals surface area contributed by atoms with Gasteiger partial charge in [-0.2, -0.15) is 0 Å². The minimum Gasteiger partial charge on any atom is -0.505 e. The first-order valence-corrected chi connectivity index (χ1v) is 8.84. The number of hydrogen-bond acceptors (Lipinski definition) is 4. The molecule has 5 nitrogen and oxygen atoms in total. The zero-order chi connectivity index (χ0) is 19.3. The molecule has 0 unspecified atom stereocenters. The Bertz CT molecular complexity index is 748. The van der Waals surface area contributed by atoms with Crippen LogP contribution >= 0.6 is 23.2 Å². The maximum Gasteiger partial charge on any atom is 0.258 e. The van der Waals surface area contributed by atoms with Crippen LogP contribution in [0.25, 0.3) is 0 Å². The van der Waals surface area contributed by atoms with Crippen molar-refractivity contribution in [2.75, 3.05) is 11.9 Å². The van der Waals surface area contributed by atoms with Gasteiger partial charge >= 0.3 is 0 Å². The van der Waals surface area contributed by atoms with Crippen molar-refractivity contribution in [1.29, 1.82) is 0 Å². The van der Waals surface area contributed by atoms with Gasteiger partial charge in [0.05, 0.1) is 10.0 Å². The van der Waals surface area contributed by atoms with Crippen LogP contribution in [-0.2, 0) is 11.3 Å². The van der Waals surface area contributed by atoms with E-state index in [-0.39, 0.29) is 33.8 Å². The molecule has 0 radical (unpaired) electrons. The number of carbonyl (C=O) groups is 1. The second kappa shape index (κ2) is 8.52. The van der Waals surface area contributed by atoms with E-state index in [0.717, 1.165) is 5.56 Å². The Balaban J connectivity index is 1.87. The topological polar surface area (TPSA) is 70.6 Å². The highest BCUT2D eigenvalue weighted by atomic mass is 35.5. The molecule has 0 fully saturated rings. The number of anilines is 1. The van der Waals surface area contributed by atoms with E-state index < -0.39 is 0 Å². The van der Waals surface area contributed by atoms with Gasteiger partial charge in [-0.05, 0) is 50.6 Å². The Labute approximate surface area is 163 Å². The summed E-state index contributed by atoms with van der Waals surface area (Å²) >= 11 is 11.8. The molecule has 1 amide bonds. The summed E-state index contributed by atoms with van der Waals surface area (Å²) < 4.78 is 5.48. The van der Waals surface area contributed by atoms with Crippen LogP contribution in [0.2, 0.25) is 10.0 Å². The third-order valence-electron chi connectivity index (χ3n) is 3.32. The number of ether oxygens (including phenoxy) is 1. The zero-order valence-corrected chi connectivity index (χ0v) is 16.4. The molecule has 0 aliphatic heterocycles. The van der Waals surface area contributed by atoms with Crippen molar-refractivity contribution in [2.24, 2.45) is 0 Å². The summed E-state index contributed by atoms with van der Waals surface area (Å²) in [7, 11) is 0. The second-order valence-electron chi connectivity index (χ2n) is 6.87. The number of aromatic hydroxyl groups is 1. The fourth-order valence-corrected chi connectivity index (χ4v) is 2.67. The van der Waals surface area contributed by atoms with Crippen molar-refractivity contribution in [3.05, 3.63) is 52.0 Å². The number of halogens is 2. The summed E-state index contributed by atoms with van der Waals surface area (Å²) in [5.74, 6) is 0.328. The predicted octanol–water partition coefficient (Wildman–Crippen LogP) is 4.60. The molecule has 0 bridgehead atoms. The summed E-state index contributed by atoms with van der Waals surface area (Å²) in [5.41, 5.74) is 1.43. The fourth-order valence-electron chi connectivity index (χ4n) is 2.18. The quantitative estimate of drug-likeness (QED) is 0.623.